The molecule has 2 N–H and O–H groups in total. The minimum atomic E-state index is -0.216. The first-order chi connectivity index (χ1) is 13.5. The molecule has 2 unspecified atom stereocenters. The van der Waals surface area contributed by atoms with Crippen LogP contribution < -0.4 is 10.9 Å². The van der Waals surface area contributed by atoms with E-state index in [0.717, 1.165) is 29.7 Å². The maximum absolute atomic E-state index is 13.4. The Morgan fingerprint density at radius 2 is 2.11 bits per heavy atom. The zero-order chi connectivity index (χ0) is 20.1. The van der Waals surface area contributed by atoms with Gasteiger partial charge < -0.3 is 4.90 Å². The Labute approximate surface area is 174 Å². The van der Waals surface area contributed by atoms with Gasteiger partial charge in [0.2, 0.25) is 0 Å². The van der Waals surface area contributed by atoms with Gasteiger partial charge in [-0.15, -0.1) is 11.8 Å². The molecule has 0 radical (unpaired) electrons. The summed E-state index contributed by atoms with van der Waals surface area (Å²) < 4.78 is 13.4. The van der Waals surface area contributed by atoms with Crippen molar-refractivity contribution in [3.63, 3.8) is 0 Å². The number of nitrogens with zero attached hydrogens (tertiary/aromatic N) is 1. The molecule has 2 aromatic carbocycles. The first kappa shape index (κ1) is 21.1. The van der Waals surface area contributed by atoms with Crippen LogP contribution in [0, 0.1) is 5.82 Å². The average Bonchev–Trinajstić information content (AvgIpc) is 3.17. The van der Waals surface area contributed by atoms with Crippen molar-refractivity contribution in [1.29, 1.82) is 0 Å². The fraction of sp³-hybridized carbons (Fsp3) is 0.381. The normalized spacial score (nSPS) is 19.0. The number of amides is 1. The molecule has 2 atom stereocenters. The van der Waals surface area contributed by atoms with E-state index >= 15 is 0 Å². The van der Waals surface area contributed by atoms with Crippen molar-refractivity contribution in [2.45, 2.75) is 36.2 Å². The summed E-state index contributed by atoms with van der Waals surface area (Å²) >= 11 is 7.80. The molecule has 1 amide bonds. The highest BCUT2D eigenvalue weighted by atomic mass is 35.5. The second kappa shape index (κ2) is 9.74. The second-order valence-electron chi connectivity index (χ2n) is 7.04. The largest absolute Gasteiger partial charge is 0.342 e. The topological polar surface area (TPSA) is 44.4 Å². The number of carbonyl (C=O) groups is 1. The van der Waals surface area contributed by atoms with E-state index in [1.54, 1.807) is 41.9 Å². The standard InChI is InChI=1S/C21H25ClFN3OS/c1-26(21(27)18-13-17(28-2)8-9-19(18)22)10-4-7-16-12-20(25-24-16)14-5-3-6-15(23)11-14/h3,5-6,8-9,11,13,16,20,24-25H,4,7,10,12H2,1-2H3. The van der Waals surface area contributed by atoms with Crippen LogP contribution in [0.25, 0.3) is 0 Å². The minimum absolute atomic E-state index is 0.0592. The Hall–Kier alpha value is -1.60. The molecule has 0 bridgehead atoms. The molecule has 1 aliphatic heterocycles. The van der Waals surface area contributed by atoms with Gasteiger partial charge in [0.15, 0.2) is 0 Å². The van der Waals surface area contributed by atoms with Crippen molar-refractivity contribution in [3.8, 4) is 0 Å². The first-order valence-corrected chi connectivity index (χ1v) is 10.9. The summed E-state index contributed by atoms with van der Waals surface area (Å²) in [5.74, 6) is -0.275. The Bertz CT molecular complexity index is 835. The van der Waals surface area contributed by atoms with Crippen molar-refractivity contribution in [3.05, 3.63) is 64.4 Å². The monoisotopic (exact) mass is 421 g/mol. The van der Waals surface area contributed by atoms with Crippen molar-refractivity contribution < 1.29 is 9.18 Å². The molecule has 0 aromatic heterocycles. The van der Waals surface area contributed by atoms with Gasteiger partial charge in [-0.1, -0.05) is 23.7 Å². The molecule has 3 rings (SSSR count). The molecule has 1 fully saturated rings. The van der Waals surface area contributed by atoms with Crippen LogP contribution in [-0.4, -0.2) is 36.7 Å². The number of hydrogen-bond acceptors (Lipinski definition) is 4. The lowest BCUT2D eigenvalue weighted by atomic mass is 9.99. The van der Waals surface area contributed by atoms with Crippen molar-refractivity contribution >= 4 is 29.3 Å². The quantitative estimate of drug-likeness (QED) is 0.638. The fourth-order valence-corrected chi connectivity index (χ4v) is 4.07. The van der Waals surface area contributed by atoms with Crippen LogP contribution in [-0.2, 0) is 0 Å². The summed E-state index contributed by atoms with van der Waals surface area (Å²) in [6.45, 7) is 0.654. The SMILES string of the molecule is CSc1ccc(Cl)c(C(=O)N(C)CCCC2CC(c3cccc(F)c3)NN2)c1. The molecule has 1 saturated heterocycles. The Morgan fingerprint density at radius 3 is 2.86 bits per heavy atom. The highest BCUT2D eigenvalue weighted by Crippen LogP contribution is 2.26. The maximum Gasteiger partial charge on any atom is 0.255 e. The third kappa shape index (κ3) is 5.26. The molecule has 0 saturated carbocycles. The zero-order valence-electron chi connectivity index (χ0n) is 16.0. The zero-order valence-corrected chi connectivity index (χ0v) is 17.6. The summed E-state index contributed by atoms with van der Waals surface area (Å²) in [6, 6.07) is 12.6. The molecular weight excluding hydrogens is 397 g/mol. The third-order valence-electron chi connectivity index (χ3n) is 5.03. The molecule has 0 aliphatic carbocycles. The molecule has 2 aromatic rings. The summed E-state index contributed by atoms with van der Waals surface area (Å²) in [5, 5.41) is 0.481. The van der Waals surface area contributed by atoms with Gasteiger partial charge in [0.05, 0.1) is 10.6 Å². The maximum atomic E-state index is 13.4. The number of halogens is 2. The smallest absolute Gasteiger partial charge is 0.255 e. The van der Waals surface area contributed by atoms with Crippen molar-refractivity contribution in [2.24, 2.45) is 0 Å². The van der Waals surface area contributed by atoms with Gasteiger partial charge in [-0.3, -0.25) is 15.6 Å². The summed E-state index contributed by atoms with van der Waals surface area (Å²) in [7, 11) is 1.81. The van der Waals surface area contributed by atoms with Crippen molar-refractivity contribution in [1.82, 2.24) is 15.8 Å². The average molecular weight is 422 g/mol. The molecule has 150 valence electrons. The number of nitrogens with one attached hydrogen (secondary N) is 2. The van der Waals surface area contributed by atoms with E-state index in [2.05, 4.69) is 10.9 Å². The van der Waals surface area contributed by atoms with Crippen LogP contribution in [0.2, 0.25) is 5.02 Å². The Morgan fingerprint density at radius 1 is 1.29 bits per heavy atom. The minimum Gasteiger partial charge on any atom is -0.342 e. The van der Waals surface area contributed by atoms with E-state index in [4.69, 9.17) is 11.6 Å². The molecule has 7 heteroatoms. The van der Waals surface area contributed by atoms with Crippen LogP contribution in [0.5, 0.6) is 0 Å². The summed E-state index contributed by atoms with van der Waals surface area (Å²) in [5.41, 5.74) is 8.02. The van der Waals surface area contributed by atoms with Gasteiger partial charge in [0.25, 0.3) is 5.91 Å². The van der Waals surface area contributed by atoms with E-state index in [1.165, 1.54) is 6.07 Å². The predicted octanol–water partition coefficient (Wildman–Crippen LogP) is 4.66. The van der Waals surface area contributed by atoms with Gasteiger partial charge >= 0.3 is 0 Å². The molecule has 0 spiro atoms. The van der Waals surface area contributed by atoms with Gasteiger partial charge in [-0.05, 0) is 61.4 Å². The molecular formula is C21H25ClFN3OS. The fourth-order valence-electron chi connectivity index (χ4n) is 3.43. The lowest BCUT2D eigenvalue weighted by Crippen LogP contribution is -2.32. The van der Waals surface area contributed by atoms with Crippen LogP contribution in [0.3, 0.4) is 0 Å². The second-order valence-corrected chi connectivity index (χ2v) is 8.33. The summed E-state index contributed by atoms with van der Waals surface area (Å²) in [6.07, 6.45) is 4.66. The van der Waals surface area contributed by atoms with E-state index < -0.39 is 0 Å². The third-order valence-corrected chi connectivity index (χ3v) is 6.08. The van der Waals surface area contributed by atoms with E-state index in [1.807, 2.05) is 24.5 Å². The van der Waals surface area contributed by atoms with Crippen LogP contribution in [0.4, 0.5) is 4.39 Å². The number of carbonyl (C=O) groups excluding carboxylic acids is 1. The highest BCUT2D eigenvalue weighted by Gasteiger charge is 2.25. The predicted molar refractivity (Wildman–Crippen MR) is 113 cm³/mol. The number of hydrogen-bond donors (Lipinski definition) is 2. The first-order valence-electron chi connectivity index (χ1n) is 9.33. The van der Waals surface area contributed by atoms with E-state index in [0.29, 0.717) is 23.2 Å². The number of rotatable bonds is 7. The van der Waals surface area contributed by atoms with Gasteiger partial charge in [-0.25, -0.2) is 4.39 Å². The number of benzene rings is 2. The van der Waals surface area contributed by atoms with Crippen LogP contribution >= 0.6 is 23.4 Å². The molecule has 1 aliphatic rings. The van der Waals surface area contributed by atoms with Gasteiger partial charge in [0.1, 0.15) is 5.82 Å². The number of thioether (sulfide) groups is 1. The van der Waals surface area contributed by atoms with Crippen LogP contribution in [0.15, 0.2) is 47.4 Å². The summed E-state index contributed by atoms with van der Waals surface area (Å²) in [4.78, 5) is 15.4. The Balaban J connectivity index is 1.48. The molecule has 28 heavy (non-hydrogen) atoms. The molecule has 4 nitrogen and oxygen atoms in total. The van der Waals surface area contributed by atoms with Crippen LogP contribution in [0.1, 0.15) is 41.2 Å². The van der Waals surface area contributed by atoms with Crippen molar-refractivity contribution in [2.75, 3.05) is 19.8 Å². The van der Waals surface area contributed by atoms with Gasteiger partial charge in [-0.2, -0.15) is 0 Å². The number of hydrazine groups is 1. The van der Waals surface area contributed by atoms with E-state index in [9.17, 15) is 9.18 Å². The van der Waals surface area contributed by atoms with E-state index in [-0.39, 0.29) is 17.8 Å². The Kier molecular flexibility index (Phi) is 7.35. The lowest BCUT2D eigenvalue weighted by Gasteiger charge is -2.19. The van der Waals surface area contributed by atoms with Gasteiger partial charge in [0, 0.05) is 30.6 Å². The highest BCUT2D eigenvalue weighted by molar-refractivity contribution is 7.98. The molecule has 1 heterocycles. The lowest BCUT2D eigenvalue weighted by molar-refractivity contribution is 0.0791.